The van der Waals surface area contributed by atoms with Crippen LogP contribution in [0.25, 0.3) is 75.1 Å². The topological polar surface area (TPSA) is 16.4 Å². The normalized spacial score (nSPS) is 11.7. The van der Waals surface area contributed by atoms with Gasteiger partial charge in [-0.25, -0.2) is 0 Å². The molecular formula is C46H29NOS. The summed E-state index contributed by atoms with van der Waals surface area (Å²) in [5.74, 6) is 0. The van der Waals surface area contributed by atoms with E-state index in [1.165, 1.54) is 47.6 Å². The van der Waals surface area contributed by atoms with Gasteiger partial charge in [-0.15, -0.1) is 11.3 Å². The Morgan fingerprint density at radius 3 is 1.84 bits per heavy atom. The highest BCUT2D eigenvalue weighted by Crippen LogP contribution is 2.43. The molecule has 2 nitrogen and oxygen atoms in total. The fraction of sp³-hybridized carbons (Fsp3) is 0. The molecule has 0 atom stereocenters. The third-order valence-electron chi connectivity index (χ3n) is 9.67. The largest absolute Gasteiger partial charge is 0.456 e. The van der Waals surface area contributed by atoms with Gasteiger partial charge < -0.3 is 9.32 Å². The van der Waals surface area contributed by atoms with Crippen LogP contribution in [0.3, 0.4) is 0 Å². The van der Waals surface area contributed by atoms with Crippen LogP contribution < -0.4 is 4.90 Å². The molecule has 0 saturated carbocycles. The number of hydrogen-bond donors (Lipinski definition) is 0. The van der Waals surface area contributed by atoms with Crippen LogP contribution in [0.2, 0.25) is 0 Å². The zero-order valence-electron chi connectivity index (χ0n) is 26.5. The second kappa shape index (κ2) is 11.2. The maximum atomic E-state index is 6.21. The molecule has 0 unspecified atom stereocenters. The van der Waals surface area contributed by atoms with Crippen LogP contribution in [0.4, 0.5) is 17.1 Å². The number of anilines is 3. The minimum absolute atomic E-state index is 0.909. The van der Waals surface area contributed by atoms with Gasteiger partial charge in [0.2, 0.25) is 0 Å². The zero-order valence-corrected chi connectivity index (χ0v) is 27.3. The number of furan rings is 1. The third-order valence-corrected chi connectivity index (χ3v) is 10.8. The lowest BCUT2D eigenvalue weighted by Crippen LogP contribution is -2.09. The van der Waals surface area contributed by atoms with Crippen molar-refractivity contribution in [3.05, 3.63) is 176 Å². The van der Waals surface area contributed by atoms with E-state index in [1.54, 1.807) is 0 Å². The highest BCUT2D eigenvalue weighted by molar-refractivity contribution is 7.26. The van der Waals surface area contributed by atoms with Gasteiger partial charge >= 0.3 is 0 Å². The number of benzene rings is 8. The van der Waals surface area contributed by atoms with Crippen LogP contribution in [0.5, 0.6) is 0 Å². The standard InChI is InChI=1S/C46H29NOS/c1-2-9-30(10-3-1)31-17-23-34(24-18-31)47(36-27-21-33-22-28-44-46(40(33)29-36)39-12-5-7-16-43(39)49-44)35-25-19-32(20-26-35)37-13-8-15-42-45(37)38-11-4-6-14-41(38)48-42/h1-29H. The molecule has 10 aromatic rings. The van der Waals surface area contributed by atoms with Crippen LogP contribution >= 0.6 is 11.3 Å². The number of thiophene rings is 1. The van der Waals surface area contributed by atoms with Crippen LogP contribution in [0.1, 0.15) is 0 Å². The Bertz CT molecular complexity index is 2810. The number of fused-ring (bicyclic) bond motifs is 8. The van der Waals surface area contributed by atoms with E-state index in [0.29, 0.717) is 0 Å². The summed E-state index contributed by atoms with van der Waals surface area (Å²) in [6, 6.07) is 63.2. The van der Waals surface area contributed by atoms with Crippen molar-refractivity contribution >= 4 is 81.3 Å². The monoisotopic (exact) mass is 643 g/mol. The summed E-state index contributed by atoms with van der Waals surface area (Å²) in [6.45, 7) is 0. The van der Waals surface area contributed by atoms with Crippen molar-refractivity contribution in [3.8, 4) is 22.3 Å². The molecule has 10 rings (SSSR count). The molecule has 0 saturated heterocycles. The zero-order chi connectivity index (χ0) is 32.3. The van der Waals surface area contributed by atoms with E-state index in [1.807, 2.05) is 23.5 Å². The molecule has 0 fully saturated rings. The maximum absolute atomic E-state index is 6.21. The molecule has 0 N–H and O–H groups in total. The van der Waals surface area contributed by atoms with E-state index >= 15 is 0 Å². The summed E-state index contributed by atoms with van der Waals surface area (Å²) in [6.07, 6.45) is 0. The van der Waals surface area contributed by atoms with Gasteiger partial charge in [-0.2, -0.15) is 0 Å². The van der Waals surface area contributed by atoms with Gasteiger partial charge in [-0.05, 0) is 93.7 Å². The van der Waals surface area contributed by atoms with E-state index in [9.17, 15) is 0 Å². The molecule has 230 valence electrons. The Morgan fingerprint density at radius 2 is 1.02 bits per heavy atom. The smallest absolute Gasteiger partial charge is 0.136 e. The van der Waals surface area contributed by atoms with E-state index in [0.717, 1.165) is 44.6 Å². The number of para-hydroxylation sites is 1. The Morgan fingerprint density at radius 1 is 0.388 bits per heavy atom. The maximum Gasteiger partial charge on any atom is 0.136 e. The lowest BCUT2D eigenvalue weighted by molar-refractivity contribution is 0.669. The summed E-state index contributed by atoms with van der Waals surface area (Å²) in [5.41, 5.74) is 9.89. The van der Waals surface area contributed by atoms with Gasteiger partial charge in [0.05, 0.1) is 0 Å². The average molecular weight is 644 g/mol. The third kappa shape index (κ3) is 4.62. The quantitative estimate of drug-likeness (QED) is 0.186. The van der Waals surface area contributed by atoms with Crippen LogP contribution in [-0.2, 0) is 0 Å². The first-order valence-corrected chi connectivity index (χ1v) is 17.4. The molecule has 0 bridgehead atoms. The first kappa shape index (κ1) is 27.9. The van der Waals surface area contributed by atoms with E-state index in [-0.39, 0.29) is 0 Å². The molecule has 0 amide bonds. The number of rotatable bonds is 5. The lowest BCUT2D eigenvalue weighted by atomic mass is 9.98. The molecule has 0 aliphatic heterocycles. The second-order valence-electron chi connectivity index (χ2n) is 12.5. The van der Waals surface area contributed by atoms with Gasteiger partial charge in [0, 0.05) is 48.0 Å². The van der Waals surface area contributed by atoms with Crippen LogP contribution in [0, 0.1) is 0 Å². The first-order chi connectivity index (χ1) is 24.3. The predicted molar refractivity (Wildman–Crippen MR) is 210 cm³/mol. The molecule has 2 heterocycles. The van der Waals surface area contributed by atoms with Gasteiger partial charge in [-0.1, -0.05) is 115 Å². The van der Waals surface area contributed by atoms with Gasteiger partial charge in [-0.3, -0.25) is 0 Å². The molecule has 0 aliphatic carbocycles. The highest BCUT2D eigenvalue weighted by Gasteiger charge is 2.17. The number of hydrogen-bond acceptors (Lipinski definition) is 3. The lowest BCUT2D eigenvalue weighted by Gasteiger charge is -2.26. The van der Waals surface area contributed by atoms with Gasteiger partial charge in [0.15, 0.2) is 0 Å². The fourth-order valence-corrected chi connectivity index (χ4v) is 8.48. The molecular weight excluding hydrogens is 615 g/mol. The summed E-state index contributed by atoms with van der Waals surface area (Å²) < 4.78 is 8.85. The molecule has 0 radical (unpaired) electrons. The minimum atomic E-state index is 0.909. The van der Waals surface area contributed by atoms with Gasteiger partial charge in [0.1, 0.15) is 11.2 Å². The summed E-state index contributed by atoms with van der Waals surface area (Å²) in [5, 5.41) is 7.45. The van der Waals surface area contributed by atoms with Crippen molar-refractivity contribution in [1.29, 1.82) is 0 Å². The van der Waals surface area contributed by atoms with Crippen molar-refractivity contribution in [1.82, 2.24) is 0 Å². The summed E-state index contributed by atoms with van der Waals surface area (Å²) in [7, 11) is 0. The first-order valence-electron chi connectivity index (χ1n) is 16.6. The van der Waals surface area contributed by atoms with Gasteiger partial charge in [0.25, 0.3) is 0 Å². The summed E-state index contributed by atoms with van der Waals surface area (Å²) >= 11 is 1.86. The average Bonchev–Trinajstić information content (AvgIpc) is 3.75. The molecule has 2 aromatic heterocycles. The van der Waals surface area contributed by atoms with Crippen LogP contribution in [0.15, 0.2) is 180 Å². The SMILES string of the molecule is c1ccc(-c2ccc(N(c3ccc(-c4cccc5oc6ccccc6c45)cc3)c3ccc4ccc5sc6ccccc6c5c4c3)cc2)cc1. The molecule has 0 aliphatic rings. The molecule has 8 aromatic carbocycles. The van der Waals surface area contributed by atoms with E-state index in [2.05, 4.69) is 169 Å². The highest BCUT2D eigenvalue weighted by atomic mass is 32.1. The van der Waals surface area contributed by atoms with E-state index in [4.69, 9.17) is 4.42 Å². The van der Waals surface area contributed by atoms with E-state index < -0.39 is 0 Å². The van der Waals surface area contributed by atoms with Crippen molar-refractivity contribution in [2.45, 2.75) is 0 Å². The Balaban J connectivity index is 1.14. The van der Waals surface area contributed by atoms with Crippen molar-refractivity contribution in [3.63, 3.8) is 0 Å². The van der Waals surface area contributed by atoms with Crippen molar-refractivity contribution in [2.24, 2.45) is 0 Å². The Kier molecular flexibility index (Phi) is 6.39. The molecule has 49 heavy (non-hydrogen) atoms. The number of nitrogens with zero attached hydrogens (tertiary/aromatic N) is 1. The molecule has 3 heteroatoms. The predicted octanol–water partition coefficient (Wildman–Crippen LogP) is 13.9. The molecule has 0 spiro atoms. The Hall–Kier alpha value is -6.16. The Labute approximate surface area is 287 Å². The second-order valence-corrected chi connectivity index (χ2v) is 13.6. The van der Waals surface area contributed by atoms with Crippen molar-refractivity contribution < 1.29 is 4.42 Å². The minimum Gasteiger partial charge on any atom is -0.456 e. The van der Waals surface area contributed by atoms with Crippen molar-refractivity contribution in [2.75, 3.05) is 4.90 Å². The van der Waals surface area contributed by atoms with Crippen LogP contribution in [-0.4, -0.2) is 0 Å². The summed E-state index contributed by atoms with van der Waals surface area (Å²) in [4.78, 5) is 2.37. The fourth-order valence-electron chi connectivity index (χ4n) is 7.36.